The van der Waals surface area contributed by atoms with E-state index in [1.165, 1.54) is 12.4 Å². The van der Waals surface area contributed by atoms with Crippen LogP contribution in [0.5, 0.6) is 11.8 Å². The fourth-order valence-electron chi connectivity index (χ4n) is 1.70. The zero-order valence-corrected chi connectivity index (χ0v) is 9.85. The van der Waals surface area contributed by atoms with Crippen molar-refractivity contribution in [2.24, 2.45) is 0 Å². The number of carbonyl (C=O) groups is 1. The molecule has 3 aromatic rings. The number of nitrogens with zero attached hydrogens (tertiary/aromatic N) is 3. The molecule has 0 fully saturated rings. The number of ether oxygens (including phenoxy) is 1. The maximum Gasteiger partial charge on any atom is 0.321 e. The van der Waals surface area contributed by atoms with E-state index in [0.717, 1.165) is 10.9 Å². The Kier molecular flexibility index (Phi) is 2.86. The van der Waals surface area contributed by atoms with Crippen molar-refractivity contribution in [2.45, 2.75) is 0 Å². The Morgan fingerprint density at radius 2 is 1.84 bits per heavy atom. The molecule has 0 amide bonds. The molecule has 0 saturated heterocycles. The Hall–Kier alpha value is -2.82. The second kappa shape index (κ2) is 4.81. The molecule has 0 spiro atoms. The van der Waals surface area contributed by atoms with Gasteiger partial charge in [-0.25, -0.2) is 9.97 Å². The van der Waals surface area contributed by atoms with Gasteiger partial charge in [0.05, 0.1) is 11.1 Å². The molecular formula is C14H9N3O2. The minimum absolute atomic E-state index is 0.196. The molecule has 0 radical (unpaired) electrons. The van der Waals surface area contributed by atoms with E-state index in [-0.39, 0.29) is 6.01 Å². The van der Waals surface area contributed by atoms with Crippen LogP contribution in [0.4, 0.5) is 0 Å². The van der Waals surface area contributed by atoms with Gasteiger partial charge in [-0.05, 0) is 24.3 Å². The largest absolute Gasteiger partial charge is 0.424 e. The summed E-state index contributed by atoms with van der Waals surface area (Å²) in [7, 11) is 0. The summed E-state index contributed by atoms with van der Waals surface area (Å²) in [4.78, 5) is 22.7. The van der Waals surface area contributed by atoms with Crippen molar-refractivity contribution in [2.75, 3.05) is 0 Å². The van der Waals surface area contributed by atoms with E-state index in [1.54, 1.807) is 6.20 Å². The normalized spacial score (nSPS) is 10.3. The predicted octanol–water partition coefficient (Wildman–Crippen LogP) is 2.63. The molecule has 0 atom stereocenters. The van der Waals surface area contributed by atoms with Crippen LogP contribution < -0.4 is 4.74 Å². The molecule has 1 aromatic carbocycles. The minimum atomic E-state index is 0.196. The molecule has 2 heterocycles. The van der Waals surface area contributed by atoms with Crippen LogP contribution in [0.1, 0.15) is 10.4 Å². The highest BCUT2D eigenvalue weighted by molar-refractivity contribution is 5.85. The number of hydrogen-bond donors (Lipinski definition) is 0. The number of pyridine rings is 1. The maximum absolute atomic E-state index is 10.5. The molecule has 5 heteroatoms. The van der Waals surface area contributed by atoms with E-state index in [4.69, 9.17) is 4.74 Å². The molecule has 0 aliphatic rings. The number of fused-ring (bicyclic) bond motifs is 1. The predicted molar refractivity (Wildman–Crippen MR) is 69.2 cm³/mol. The zero-order valence-electron chi connectivity index (χ0n) is 9.85. The van der Waals surface area contributed by atoms with Crippen LogP contribution in [0.15, 0.2) is 48.9 Å². The number of carbonyl (C=O) groups excluding carboxylic acids is 1. The van der Waals surface area contributed by atoms with Crippen molar-refractivity contribution in [3.63, 3.8) is 0 Å². The molecule has 2 aromatic heterocycles. The first-order valence-electron chi connectivity index (χ1n) is 5.65. The van der Waals surface area contributed by atoms with E-state index in [0.29, 0.717) is 17.6 Å². The van der Waals surface area contributed by atoms with Gasteiger partial charge >= 0.3 is 6.01 Å². The van der Waals surface area contributed by atoms with E-state index >= 15 is 0 Å². The van der Waals surface area contributed by atoms with E-state index in [1.807, 2.05) is 30.3 Å². The quantitative estimate of drug-likeness (QED) is 0.669. The van der Waals surface area contributed by atoms with Gasteiger partial charge in [0.2, 0.25) is 0 Å². The van der Waals surface area contributed by atoms with Gasteiger partial charge in [-0.3, -0.25) is 9.78 Å². The lowest BCUT2D eigenvalue weighted by atomic mass is 10.2. The molecule has 3 rings (SSSR count). The average Bonchev–Trinajstić information content (AvgIpc) is 2.48. The Balaban J connectivity index is 1.98. The lowest BCUT2D eigenvalue weighted by molar-refractivity contribution is 0.112. The van der Waals surface area contributed by atoms with Crippen molar-refractivity contribution in [1.29, 1.82) is 0 Å². The number of rotatable bonds is 3. The van der Waals surface area contributed by atoms with E-state index < -0.39 is 0 Å². The highest BCUT2D eigenvalue weighted by Crippen LogP contribution is 2.26. The van der Waals surface area contributed by atoms with E-state index in [9.17, 15) is 4.79 Å². The van der Waals surface area contributed by atoms with Crippen LogP contribution in [-0.4, -0.2) is 21.2 Å². The zero-order chi connectivity index (χ0) is 13.1. The first-order valence-corrected chi connectivity index (χ1v) is 5.65. The highest BCUT2D eigenvalue weighted by Gasteiger charge is 2.05. The summed E-state index contributed by atoms with van der Waals surface area (Å²) in [5.74, 6) is 0.629. The van der Waals surface area contributed by atoms with Crippen LogP contribution in [0.25, 0.3) is 10.9 Å². The number of hydrogen-bond acceptors (Lipinski definition) is 5. The van der Waals surface area contributed by atoms with Gasteiger partial charge in [0.1, 0.15) is 5.75 Å². The fourth-order valence-corrected chi connectivity index (χ4v) is 1.70. The van der Waals surface area contributed by atoms with Crippen molar-refractivity contribution in [1.82, 2.24) is 15.0 Å². The van der Waals surface area contributed by atoms with Crippen LogP contribution in [-0.2, 0) is 0 Å². The summed E-state index contributed by atoms with van der Waals surface area (Å²) < 4.78 is 5.61. The molecular weight excluding hydrogens is 242 g/mol. The highest BCUT2D eigenvalue weighted by atomic mass is 16.5. The summed E-state index contributed by atoms with van der Waals surface area (Å²) in [6.45, 7) is 0. The number of aldehydes is 1. The molecule has 5 nitrogen and oxygen atoms in total. The van der Waals surface area contributed by atoms with Gasteiger partial charge in [0.25, 0.3) is 0 Å². The van der Waals surface area contributed by atoms with Crippen LogP contribution in [0.3, 0.4) is 0 Å². The Labute approximate surface area is 108 Å². The Bertz CT molecular complexity index is 721. The third-order valence-corrected chi connectivity index (χ3v) is 2.59. The molecule has 0 N–H and O–H groups in total. The summed E-state index contributed by atoms with van der Waals surface area (Å²) in [6, 6.07) is 9.52. The summed E-state index contributed by atoms with van der Waals surface area (Å²) >= 11 is 0. The Morgan fingerprint density at radius 1 is 1.00 bits per heavy atom. The molecule has 0 bridgehead atoms. The first kappa shape index (κ1) is 11.3. The molecule has 92 valence electrons. The lowest BCUT2D eigenvalue weighted by Gasteiger charge is -2.06. The van der Waals surface area contributed by atoms with Gasteiger partial charge in [-0.15, -0.1) is 0 Å². The monoisotopic (exact) mass is 251 g/mol. The fraction of sp³-hybridized carbons (Fsp3) is 0. The van der Waals surface area contributed by atoms with Crippen molar-refractivity contribution in [3.8, 4) is 11.8 Å². The van der Waals surface area contributed by atoms with Gasteiger partial charge in [-0.2, -0.15) is 0 Å². The van der Waals surface area contributed by atoms with E-state index in [2.05, 4.69) is 15.0 Å². The van der Waals surface area contributed by atoms with Crippen molar-refractivity contribution < 1.29 is 9.53 Å². The van der Waals surface area contributed by atoms with Gasteiger partial charge in [0.15, 0.2) is 6.29 Å². The van der Waals surface area contributed by atoms with Gasteiger partial charge in [0, 0.05) is 24.0 Å². The summed E-state index contributed by atoms with van der Waals surface area (Å²) in [5.41, 5.74) is 1.25. The number of aromatic nitrogens is 3. The topological polar surface area (TPSA) is 65.0 Å². The summed E-state index contributed by atoms with van der Waals surface area (Å²) in [6.07, 6.45) is 5.24. The SMILES string of the molecule is O=Cc1cnc(Oc2cccc3ncccc23)nc1. The van der Waals surface area contributed by atoms with Crippen molar-refractivity contribution >= 4 is 17.2 Å². The van der Waals surface area contributed by atoms with Crippen LogP contribution >= 0.6 is 0 Å². The van der Waals surface area contributed by atoms with Crippen LogP contribution in [0.2, 0.25) is 0 Å². The lowest BCUT2D eigenvalue weighted by Crippen LogP contribution is -1.94. The first-order chi connectivity index (χ1) is 9.36. The van der Waals surface area contributed by atoms with Crippen LogP contribution in [0, 0.1) is 0 Å². The molecule has 19 heavy (non-hydrogen) atoms. The standard InChI is InChI=1S/C14H9N3O2/c18-9-10-7-16-14(17-8-10)19-13-5-1-4-12-11(13)3-2-6-15-12/h1-9H. The Morgan fingerprint density at radius 3 is 2.63 bits per heavy atom. The van der Waals surface area contributed by atoms with Gasteiger partial charge in [-0.1, -0.05) is 6.07 Å². The smallest absolute Gasteiger partial charge is 0.321 e. The molecule has 0 saturated carbocycles. The maximum atomic E-state index is 10.5. The molecule has 0 aliphatic heterocycles. The third-order valence-electron chi connectivity index (χ3n) is 2.59. The second-order valence-electron chi connectivity index (χ2n) is 3.85. The third kappa shape index (κ3) is 2.26. The van der Waals surface area contributed by atoms with Gasteiger partial charge < -0.3 is 4.74 Å². The summed E-state index contributed by atoms with van der Waals surface area (Å²) in [5, 5.41) is 0.882. The average molecular weight is 251 g/mol. The molecule has 0 aliphatic carbocycles. The minimum Gasteiger partial charge on any atom is -0.424 e. The van der Waals surface area contributed by atoms with Crippen molar-refractivity contribution in [3.05, 3.63) is 54.5 Å². The second-order valence-corrected chi connectivity index (χ2v) is 3.85. The molecule has 0 unspecified atom stereocenters. The number of benzene rings is 1.